The van der Waals surface area contributed by atoms with Crippen LogP contribution in [0.2, 0.25) is 0 Å². The van der Waals surface area contributed by atoms with E-state index in [4.69, 9.17) is 0 Å². The summed E-state index contributed by atoms with van der Waals surface area (Å²) in [7, 11) is 0. The molecule has 1 aromatic rings. The third-order valence-corrected chi connectivity index (χ3v) is 2.83. The van der Waals surface area contributed by atoms with Gasteiger partial charge in [0.2, 0.25) is 0 Å². The van der Waals surface area contributed by atoms with Crippen LogP contribution in [-0.4, -0.2) is 4.98 Å². The lowest BCUT2D eigenvalue weighted by atomic mass is 10.2. The number of aromatic nitrogens is 1. The van der Waals surface area contributed by atoms with Crippen LogP contribution in [-0.2, 0) is 12.8 Å². The van der Waals surface area contributed by atoms with Gasteiger partial charge in [-0.1, -0.05) is 20.3 Å². The second-order valence-corrected chi connectivity index (χ2v) is 3.62. The van der Waals surface area contributed by atoms with E-state index in [2.05, 4.69) is 18.8 Å². The molecule has 0 N–H and O–H groups in total. The molecule has 11 heavy (non-hydrogen) atoms. The number of hydrogen-bond donors (Lipinski definition) is 0. The molecule has 0 atom stereocenters. The summed E-state index contributed by atoms with van der Waals surface area (Å²) in [5, 5.41) is 0. The van der Waals surface area contributed by atoms with Gasteiger partial charge in [-0.15, -0.1) is 11.3 Å². The van der Waals surface area contributed by atoms with Crippen molar-refractivity contribution in [2.24, 2.45) is 0 Å². The van der Waals surface area contributed by atoms with Crippen molar-refractivity contribution in [1.82, 2.24) is 4.98 Å². The molecule has 0 aliphatic heterocycles. The largest absolute Gasteiger partial charge is 0.249 e. The molecule has 0 saturated carbocycles. The van der Waals surface area contributed by atoms with Gasteiger partial charge in [-0.25, -0.2) is 4.98 Å². The van der Waals surface area contributed by atoms with E-state index in [1.807, 2.05) is 5.51 Å². The molecule has 0 aromatic carbocycles. The Bertz CT molecular complexity index is 205. The summed E-state index contributed by atoms with van der Waals surface area (Å²) in [5.74, 6) is 0. The first kappa shape index (κ1) is 8.72. The van der Waals surface area contributed by atoms with Crippen molar-refractivity contribution < 1.29 is 0 Å². The van der Waals surface area contributed by atoms with Crippen molar-refractivity contribution in [2.45, 2.75) is 39.5 Å². The standard InChI is InChI=1S/C9H15NS/c1-3-5-6-8-9(4-2)11-7-10-8/h7H,3-6H2,1-2H3. The Morgan fingerprint density at radius 3 is 2.91 bits per heavy atom. The highest BCUT2D eigenvalue weighted by molar-refractivity contribution is 7.09. The fourth-order valence-electron chi connectivity index (χ4n) is 1.13. The molecule has 0 spiro atoms. The van der Waals surface area contributed by atoms with E-state index in [1.54, 1.807) is 11.3 Å². The van der Waals surface area contributed by atoms with Crippen LogP contribution < -0.4 is 0 Å². The molecule has 0 radical (unpaired) electrons. The van der Waals surface area contributed by atoms with Crippen LogP contribution in [0.1, 0.15) is 37.3 Å². The maximum Gasteiger partial charge on any atom is 0.0797 e. The zero-order valence-electron chi connectivity index (χ0n) is 7.26. The van der Waals surface area contributed by atoms with Gasteiger partial charge in [-0.2, -0.15) is 0 Å². The second kappa shape index (κ2) is 4.50. The Balaban J connectivity index is 2.54. The summed E-state index contributed by atoms with van der Waals surface area (Å²) in [6.07, 6.45) is 4.85. The van der Waals surface area contributed by atoms with Gasteiger partial charge in [0.05, 0.1) is 11.2 Å². The summed E-state index contributed by atoms with van der Waals surface area (Å²) >= 11 is 1.79. The van der Waals surface area contributed by atoms with Crippen molar-refractivity contribution in [1.29, 1.82) is 0 Å². The van der Waals surface area contributed by atoms with Gasteiger partial charge in [0.15, 0.2) is 0 Å². The van der Waals surface area contributed by atoms with E-state index in [0.29, 0.717) is 0 Å². The van der Waals surface area contributed by atoms with E-state index in [-0.39, 0.29) is 0 Å². The van der Waals surface area contributed by atoms with Gasteiger partial charge in [0.25, 0.3) is 0 Å². The lowest BCUT2D eigenvalue weighted by molar-refractivity contribution is 0.774. The van der Waals surface area contributed by atoms with E-state index in [9.17, 15) is 0 Å². The second-order valence-electron chi connectivity index (χ2n) is 2.68. The maximum absolute atomic E-state index is 4.34. The first-order valence-electron chi connectivity index (χ1n) is 4.29. The van der Waals surface area contributed by atoms with Crippen LogP contribution in [0.5, 0.6) is 0 Å². The molecular weight excluding hydrogens is 154 g/mol. The SMILES string of the molecule is CCCCc1ncsc1CC. The van der Waals surface area contributed by atoms with Crippen LogP contribution in [0.15, 0.2) is 5.51 Å². The Morgan fingerprint density at radius 2 is 2.27 bits per heavy atom. The molecular formula is C9H15NS. The van der Waals surface area contributed by atoms with Crippen molar-refractivity contribution in [3.63, 3.8) is 0 Å². The summed E-state index contributed by atoms with van der Waals surface area (Å²) in [6.45, 7) is 4.42. The molecule has 2 heteroatoms. The van der Waals surface area contributed by atoms with Crippen LogP contribution >= 0.6 is 11.3 Å². The molecule has 62 valence electrons. The fraction of sp³-hybridized carbons (Fsp3) is 0.667. The number of rotatable bonds is 4. The Morgan fingerprint density at radius 1 is 1.45 bits per heavy atom. The Labute approximate surface area is 72.5 Å². The molecule has 1 aromatic heterocycles. The third kappa shape index (κ3) is 2.29. The van der Waals surface area contributed by atoms with E-state index in [0.717, 1.165) is 6.42 Å². The summed E-state index contributed by atoms with van der Waals surface area (Å²) in [5.41, 5.74) is 3.29. The number of thiazole rings is 1. The minimum Gasteiger partial charge on any atom is -0.249 e. The summed E-state index contributed by atoms with van der Waals surface area (Å²) in [4.78, 5) is 5.81. The van der Waals surface area contributed by atoms with Gasteiger partial charge in [-0.3, -0.25) is 0 Å². The average Bonchev–Trinajstić information content (AvgIpc) is 2.47. The molecule has 1 heterocycles. The molecule has 0 aliphatic carbocycles. The number of hydrogen-bond acceptors (Lipinski definition) is 2. The molecule has 0 unspecified atom stereocenters. The summed E-state index contributed by atoms with van der Waals surface area (Å²) < 4.78 is 0. The molecule has 0 saturated heterocycles. The average molecular weight is 169 g/mol. The maximum atomic E-state index is 4.34. The normalized spacial score (nSPS) is 10.4. The first-order valence-corrected chi connectivity index (χ1v) is 5.17. The van der Waals surface area contributed by atoms with Crippen molar-refractivity contribution in [3.05, 3.63) is 16.1 Å². The van der Waals surface area contributed by atoms with Gasteiger partial charge < -0.3 is 0 Å². The third-order valence-electron chi connectivity index (χ3n) is 1.81. The Hall–Kier alpha value is -0.370. The topological polar surface area (TPSA) is 12.9 Å². The van der Waals surface area contributed by atoms with Gasteiger partial charge >= 0.3 is 0 Å². The minimum atomic E-state index is 1.14. The molecule has 1 rings (SSSR count). The lowest BCUT2D eigenvalue weighted by Gasteiger charge is -1.96. The van der Waals surface area contributed by atoms with E-state index >= 15 is 0 Å². The first-order chi connectivity index (χ1) is 5.38. The zero-order valence-corrected chi connectivity index (χ0v) is 8.08. The lowest BCUT2D eigenvalue weighted by Crippen LogP contribution is -1.89. The highest BCUT2D eigenvalue weighted by Gasteiger charge is 2.01. The minimum absolute atomic E-state index is 1.14. The number of aryl methyl sites for hydroxylation is 2. The van der Waals surface area contributed by atoms with E-state index in [1.165, 1.54) is 29.8 Å². The highest BCUT2D eigenvalue weighted by Crippen LogP contribution is 2.15. The summed E-state index contributed by atoms with van der Waals surface area (Å²) in [6, 6.07) is 0. The monoisotopic (exact) mass is 169 g/mol. The van der Waals surface area contributed by atoms with Crippen molar-refractivity contribution in [3.8, 4) is 0 Å². The van der Waals surface area contributed by atoms with Crippen LogP contribution in [0.25, 0.3) is 0 Å². The zero-order chi connectivity index (χ0) is 8.10. The van der Waals surface area contributed by atoms with Crippen LogP contribution in [0, 0.1) is 0 Å². The molecule has 0 fully saturated rings. The van der Waals surface area contributed by atoms with Crippen LogP contribution in [0.4, 0.5) is 0 Å². The fourth-order valence-corrected chi connectivity index (χ4v) is 1.89. The number of nitrogens with zero attached hydrogens (tertiary/aromatic N) is 1. The van der Waals surface area contributed by atoms with Crippen LogP contribution in [0.3, 0.4) is 0 Å². The smallest absolute Gasteiger partial charge is 0.0797 e. The number of unbranched alkanes of at least 4 members (excludes halogenated alkanes) is 1. The quantitative estimate of drug-likeness (QED) is 0.675. The highest BCUT2D eigenvalue weighted by atomic mass is 32.1. The van der Waals surface area contributed by atoms with Crippen molar-refractivity contribution in [2.75, 3.05) is 0 Å². The predicted molar refractivity (Wildman–Crippen MR) is 50.1 cm³/mol. The molecule has 0 aliphatic rings. The Kier molecular flexibility index (Phi) is 3.57. The van der Waals surface area contributed by atoms with Gasteiger partial charge in [0.1, 0.15) is 0 Å². The van der Waals surface area contributed by atoms with E-state index < -0.39 is 0 Å². The molecule has 0 amide bonds. The van der Waals surface area contributed by atoms with Gasteiger partial charge in [0, 0.05) is 4.88 Å². The predicted octanol–water partition coefficient (Wildman–Crippen LogP) is 3.05. The van der Waals surface area contributed by atoms with Gasteiger partial charge in [-0.05, 0) is 19.3 Å². The molecule has 1 nitrogen and oxygen atoms in total. The molecule has 0 bridgehead atoms. The van der Waals surface area contributed by atoms with Crippen molar-refractivity contribution >= 4 is 11.3 Å².